The quantitative estimate of drug-likeness (QED) is 0.373. The van der Waals surface area contributed by atoms with E-state index in [4.69, 9.17) is 27.1 Å². The van der Waals surface area contributed by atoms with Crippen LogP contribution in [-0.4, -0.2) is 33.4 Å². The molecule has 0 fully saturated rings. The molecule has 6 nitrogen and oxygen atoms in total. The molecule has 13 heavy (non-hydrogen) atoms. The summed E-state index contributed by atoms with van der Waals surface area (Å²) in [6, 6.07) is -0.948. The minimum absolute atomic E-state index is 0.0975. The van der Waals surface area contributed by atoms with Crippen LogP contribution in [0, 0.1) is 0 Å². The Hall–Kier alpha value is -0.130. The van der Waals surface area contributed by atoms with Crippen molar-refractivity contribution in [3.8, 4) is 0 Å². The number of carbonyl (C=O) groups is 1. The van der Waals surface area contributed by atoms with Gasteiger partial charge in [0.15, 0.2) is 0 Å². The second-order valence-electron chi connectivity index (χ2n) is 2.53. The van der Waals surface area contributed by atoms with Crippen molar-refractivity contribution in [2.45, 2.75) is 18.7 Å². The molecule has 0 aromatic rings. The summed E-state index contributed by atoms with van der Waals surface area (Å²) in [6.45, 7) is 1.19. The van der Waals surface area contributed by atoms with Crippen molar-refractivity contribution in [2.24, 2.45) is 5.73 Å². The lowest BCUT2D eigenvalue weighted by Crippen LogP contribution is -2.45. The molecule has 5 N–H and O–H groups in total. The predicted molar refractivity (Wildman–Crippen MR) is 48.3 cm³/mol. The van der Waals surface area contributed by atoms with Crippen molar-refractivity contribution in [1.82, 2.24) is 5.32 Å². The first kappa shape index (κ1) is 12.9. The van der Waals surface area contributed by atoms with Gasteiger partial charge in [0.1, 0.15) is 5.78 Å². The Balaban J connectivity index is 4.15. The summed E-state index contributed by atoms with van der Waals surface area (Å²) >= 11 is 5.26. The molecule has 0 spiro atoms. The second kappa shape index (κ2) is 4.93. The molecule has 0 aromatic carbocycles. The minimum atomic E-state index is -4.29. The predicted octanol–water partition coefficient (Wildman–Crippen LogP) is -0.808. The van der Waals surface area contributed by atoms with Crippen LogP contribution >= 0.6 is 19.2 Å². The minimum Gasteiger partial charge on any atom is -0.341 e. The maximum atomic E-state index is 11.0. The van der Waals surface area contributed by atoms with Gasteiger partial charge in [-0.1, -0.05) is 0 Å². The second-order valence-corrected chi connectivity index (χ2v) is 4.80. The van der Waals surface area contributed by atoms with E-state index in [0.717, 1.165) is 0 Å². The molecule has 0 saturated carbocycles. The number of alkyl halides is 1. The highest BCUT2D eigenvalue weighted by molar-refractivity contribution is 7.52. The third kappa shape index (κ3) is 4.59. The maximum absolute atomic E-state index is 11.0. The molecule has 8 heteroatoms. The molecule has 2 atom stereocenters. The molecule has 0 unspecified atom stereocenters. The van der Waals surface area contributed by atoms with E-state index in [-0.39, 0.29) is 5.88 Å². The van der Waals surface area contributed by atoms with Crippen molar-refractivity contribution in [1.29, 1.82) is 0 Å². The van der Waals surface area contributed by atoms with Crippen LogP contribution in [0.3, 0.4) is 0 Å². The molecule has 0 aromatic heterocycles. The molecule has 0 radical (unpaired) electrons. The van der Waals surface area contributed by atoms with Crippen molar-refractivity contribution in [2.75, 3.05) is 5.88 Å². The molecule has 0 aliphatic heterocycles. The smallest absolute Gasteiger partial charge is 0.341 e. The first-order valence-corrected chi connectivity index (χ1v) is 5.67. The van der Waals surface area contributed by atoms with E-state index in [1.165, 1.54) is 6.92 Å². The van der Waals surface area contributed by atoms with Crippen molar-refractivity contribution in [3.63, 3.8) is 0 Å². The number of amides is 1. The van der Waals surface area contributed by atoms with E-state index in [0.29, 0.717) is 0 Å². The summed E-state index contributed by atoms with van der Waals surface area (Å²) in [5.74, 6) is -2.01. The van der Waals surface area contributed by atoms with Crippen molar-refractivity contribution >= 4 is 25.1 Å². The Kier molecular flexibility index (Phi) is 4.88. The number of hydrogen-bond donors (Lipinski definition) is 4. The molecule has 78 valence electrons. The van der Waals surface area contributed by atoms with Crippen molar-refractivity contribution in [3.05, 3.63) is 0 Å². The average molecular weight is 231 g/mol. The van der Waals surface area contributed by atoms with Crippen LogP contribution in [-0.2, 0) is 9.36 Å². The number of carbonyl (C=O) groups excluding carboxylic acids is 1. The van der Waals surface area contributed by atoms with Crippen LogP contribution in [0.15, 0.2) is 0 Å². The highest BCUT2D eigenvalue weighted by atomic mass is 35.5. The van der Waals surface area contributed by atoms with Crippen LogP contribution in [0.25, 0.3) is 0 Å². The molecule has 1 amide bonds. The fourth-order valence-corrected chi connectivity index (χ4v) is 0.903. The topological polar surface area (TPSA) is 113 Å². The Morgan fingerprint density at radius 2 is 2.15 bits per heavy atom. The summed E-state index contributed by atoms with van der Waals surface area (Å²) in [6.07, 6.45) is 0. The number of nitrogens with two attached hydrogens (primary N) is 1. The maximum Gasteiger partial charge on any atom is 0.347 e. The Morgan fingerprint density at radius 3 is 2.46 bits per heavy atom. The highest BCUT2D eigenvalue weighted by Crippen LogP contribution is 2.38. The molecule has 0 rings (SSSR count). The summed E-state index contributed by atoms with van der Waals surface area (Å²) in [4.78, 5) is 28.2. The van der Waals surface area contributed by atoms with Crippen molar-refractivity contribution < 1.29 is 19.1 Å². The van der Waals surface area contributed by atoms with Gasteiger partial charge in [-0.2, -0.15) is 0 Å². The molecule has 0 saturated heterocycles. The van der Waals surface area contributed by atoms with Crippen LogP contribution in [0.5, 0.6) is 0 Å². The molecule has 0 aliphatic carbocycles. The van der Waals surface area contributed by atoms with Gasteiger partial charge in [0.05, 0.1) is 6.04 Å². The number of nitrogens with one attached hydrogen (secondary N) is 1. The zero-order valence-electron chi connectivity index (χ0n) is 6.98. The fraction of sp³-hybridized carbons (Fsp3) is 0.800. The van der Waals surface area contributed by atoms with Crippen LogP contribution in [0.1, 0.15) is 6.92 Å². The van der Waals surface area contributed by atoms with Gasteiger partial charge in [0.25, 0.3) is 0 Å². The molecule has 0 aliphatic rings. The van der Waals surface area contributed by atoms with Gasteiger partial charge in [-0.05, 0) is 6.92 Å². The lowest BCUT2D eigenvalue weighted by atomic mass is 10.3. The van der Waals surface area contributed by atoms with Gasteiger partial charge in [-0.25, -0.2) is 0 Å². The summed E-state index contributed by atoms with van der Waals surface area (Å²) in [5.41, 5.74) is 5.21. The lowest BCUT2D eigenvalue weighted by Gasteiger charge is -2.16. The SMILES string of the molecule is C[C@H](NC(=O)[C@@H](N)CCl)P(=O)(O)O. The number of halogens is 1. The zero-order chi connectivity index (χ0) is 10.6. The fourth-order valence-electron chi connectivity index (χ4n) is 0.467. The first-order valence-electron chi connectivity index (χ1n) is 3.46. The van der Waals surface area contributed by atoms with E-state index in [1.54, 1.807) is 0 Å². The monoisotopic (exact) mass is 230 g/mol. The highest BCUT2D eigenvalue weighted by Gasteiger charge is 2.26. The Labute approximate surface area is 80.6 Å². The molecule has 0 heterocycles. The lowest BCUT2D eigenvalue weighted by molar-refractivity contribution is -0.122. The normalized spacial score (nSPS) is 16.4. The van der Waals surface area contributed by atoms with Crippen LogP contribution in [0.2, 0.25) is 0 Å². The number of rotatable bonds is 4. The average Bonchev–Trinajstić information content (AvgIpc) is 2.01. The van der Waals surface area contributed by atoms with Crippen LogP contribution in [0.4, 0.5) is 0 Å². The first-order chi connectivity index (χ1) is 5.79. The van der Waals surface area contributed by atoms with E-state index < -0.39 is 25.3 Å². The number of hydrogen-bond acceptors (Lipinski definition) is 3. The third-order valence-electron chi connectivity index (χ3n) is 1.36. The van der Waals surface area contributed by atoms with Gasteiger partial charge < -0.3 is 20.8 Å². The molecular weight excluding hydrogens is 218 g/mol. The van der Waals surface area contributed by atoms with Gasteiger partial charge in [0, 0.05) is 5.88 Å². The molecular formula is C5H12ClN2O4P. The standard InChI is InChI=1S/C5H12ClN2O4P/c1-3(13(10,11)12)8-5(9)4(7)2-6/h3-4H,2,7H2,1H3,(H,8,9)(H2,10,11,12)/t3-,4+/m1/s1. The van der Waals surface area contributed by atoms with E-state index >= 15 is 0 Å². The van der Waals surface area contributed by atoms with Gasteiger partial charge >= 0.3 is 7.60 Å². The Morgan fingerprint density at radius 1 is 1.69 bits per heavy atom. The zero-order valence-corrected chi connectivity index (χ0v) is 8.63. The summed E-state index contributed by atoms with van der Waals surface area (Å²) in [7, 11) is -4.29. The van der Waals surface area contributed by atoms with Gasteiger partial charge in [-0.15, -0.1) is 11.6 Å². The van der Waals surface area contributed by atoms with E-state index in [9.17, 15) is 9.36 Å². The Bertz CT molecular complexity index is 231. The van der Waals surface area contributed by atoms with E-state index in [2.05, 4.69) is 5.32 Å². The largest absolute Gasteiger partial charge is 0.347 e. The van der Waals surface area contributed by atoms with E-state index in [1.807, 2.05) is 0 Å². The summed E-state index contributed by atoms with van der Waals surface area (Å²) in [5, 5.41) is 2.06. The van der Waals surface area contributed by atoms with Crippen LogP contribution < -0.4 is 11.1 Å². The third-order valence-corrected chi connectivity index (χ3v) is 2.83. The van der Waals surface area contributed by atoms with Gasteiger partial charge in [-0.3, -0.25) is 9.36 Å². The summed E-state index contributed by atoms with van der Waals surface area (Å²) < 4.78 is 10.6. The molecule has 0 bridgehead atoms. The van der Waals surface area contributed by atoms with Gasteiger partial charge in [0.2, 0.25) is 5.91 Å².